The molecule has 0 saturated carbocycles. The smallest absolute Gasteiger partial charge is 0.191 e. The third-order valence-electron chi connectivity index (χ3n) is 3.76. The number of rotatable bonds is 3. The van der Waals surface area contributed by atoms with E-state index >= 15 is 0 Å². The van der Waals surface area contributed by atoms with Crippen LogP contribution in [0.4, 0.5) is 0 Å². The average Bonchev–Trinajstić information content (AvgIpc) is 3.11. The molecule has 6 nitrogen and oxygen atoms in total. The third kappa shape index (κ3) is 2.73. The first-order valence-electron chi connectivity index (χ1n) is 6.79. The van der Waals surface area contributed by atoms with Crippen molar-refractivity contribution >= 4 is 5.96 Å². The number of nitrogens with zero attached hydrogens (tertiary/aromatic N) is 2. The molecule has 3 rings (SSSR count). The number of aliphatic imine (C=N–C) groups is 1. The number of hydrogen-bond acceptors (Lipinski definition) is 4. The number of aromatic nitrogens is 1. The van der Waals surface area contributed by atoms with E-state index in [4.69, 9.17) is 9.26 Å². The van der Waals surface area contributed by atoms with Gasteiger partial charge in [0.1, 0.15) is 0 Å². The van der Waals surface area contributed by atoms with E-state index in [1.165, 1.54) is 6.42 Å². The van der Waals surface area contributed by atoms with E-state index in [1.807, 2.05) is 13.0 Å². The quantitative estimate of drug-likeness (QED) is 0.628. The van der Waals surface area contributed by atoms with E-state index in [0.717, 1.165) is 30.3 Å². The Morgan fingerprint density at radius 1 is 1.53 bits per heavy atom. The summed E-state index contributed by atoms with van der Waals surface area (Å²) in [5, 5.41) is 10.5. The van der Waals surface area contributed by atoms with E-state index in [9.17, 15) is 0 Å². The Labute approximate surface area is 112 Å². The lowest BCUT2D eigenvalue weighted by atomic mass is 9.96. The summed E-state index contributed by atoms with van der Waals surface area (Å²) in [5.41, 5.74) is 0.890. The van der Waals surface area contributed by atoms with Crippen LogP contribution in [0.2, 0.25) is 0 Å². The highest BCUT2D eigenvalue weighted by Gasteiger charge is 2.41. The van der Waals surface area contributed by atoms with E-state index in [-0.39, 0.29) is 0 Å². The summed E-state index contributed by atoms with van der Waals surface area (Å²) in [6, 6.07) is 2.29. The second-order valence-corrected chi connectivity index (χ2v) is 5.22. The molecule has 3 heterocycles. The molecule has 0 amide bonds. The second kappa shape index (κ2) is 5.21. The van der Waals surface area contributed by atoms with Crippen molar-refractivity contribution in [3.05, 3.63) is 17.5 Å². The summed E-state index contributed by atoms with van der Waals surface area (Å²) in [6.07, 6.45) is 4.22. The first-order chi connectivity index (χ1) is 9.24. The molecule has 2 fully saturated rings. The van der Waals surface area contributed by atoms with Crippen LogP contribution < -0.4 is 10.6 Å². The van der Waals surface area contributed by atoms with Gasteiger partial charge in [-0.25, -0.2) is 0 Å². The lowest BCUT2D eigenvalue weighted by Gasteiger charge is -2.22. The third-order valence-corrected chi connectivity index (χ3v) is 3.76. The zero-order chi connectivity index (χ0) is 13.2. The number of fused-ring (bicyclic) bond motifs is 2. The fourth-order valence-electron chi connectivity index (χ4n) is 2.83. The summed E-state index contributed by atoms with van der Waals surface area (Å²) in [4.78, 5) is 4.23. The molecule has 2 aliphatic heterocycles. The molecular formula is C13H20N4O2. The van der Waals surface area contributed by atoms with Crippen molar-refractivity contribution in [1.82, 2.24) is 15.8 Å². The minimum Gasteiger partial charge on any atom is -0.373 e. The van der Waals surface area contributed by atoms with Gasteiger partial charge in [0.25, 0.3) is 0 Å². The Bertz CT molecular complexity index is 471. The van der Waals surface area contributed by atoms with Crippen molar-refractivity contribution in [1.29, 1.82) is 0 Å². The Hall–Kier alpha value is -1.56. The van der Waals surface area contributed by atoms with Crippen LogP contribution in [0.1, 0.15) is 30.7 Å². The zero-order valence-corrected chi connectivity index (χ0v) is 11.3. The molecule has 1 aromatic rings. The molecule has 1 aromatic heterocycles. The Morgan fingerprint density at radius 3 is 3.00 bits per heavy atom. The number of ether oxygens (including phenoxy) is 1. The van der Waals surface area contributed by atoms with Crippen LogP contribution in [0, 0.1) is 6.92 Å². The van der Waals surface area contributed by atoms with Crippen molar-refractivity contribution < 1.29 is 9.26 Å². The lowest BCUT2D eigenvalue weighted by molar-refractivity contribution is 0.0992. The standard InChI is InChI=1S/C13H20N4O2/c1-8-5-10(19-17-8)7-15-13(14-2)16-11-6-9-3-4-12(11)18-9/h5,9,11-12H,3-4,6-7H2,1-2H3,(H2,14,15,16). The van der Waals surface area contributed by atoms with Crippen LogP contribution in [0.15, 0.2) is 15.6 Å². The highest BCUT2D eigenvalue weighted by molar-refractivity contribution is 5.80. The summed E-state index contributed by atoms with van der Waals surface area (Å²) in [5.74, 6) is 1.60. The first-order valence-corrected chi connectivity index (χ1v) is 6.79. The number of nitrogens with one attached hydrogen (secondary N) is 2. The fraction of sp³-hybridized carbons (Fsp3) is 0.692. The minimum absolute atomic E-state index is 0.344. The molecule has 0 aliphatic carbocycles. The number of hydrogen-bond donors (Lipinski definition) is 2. The summed E-state index contributed by atoms with van der Waals surface area (Å²) in [6.45, 7) is 2.49. The molecule has 2 bridgehead atoms. The van der Waals surface area contributed by atoms with Crippen molar-refractivity contribution in [2.75, 3.05) is 7.05 Å². The molecule has 3 unspecified atom stereocenters. The second-order valence-electron chi connectivity index (χ2n) is 5.22. The van der Waals surface area contributed by atoms with E-state index in [1.54, 1.807) is 7.05 Å². The predicted molar refractivity (Wildman–Crippen MR) is 70.9 cm³/mol. The van der Waals surface area contributed by atoms with Crippen LogP contribution in [0.25, 0.3) is 0 Å². The highest BCUT2D eigenvalue weighted by atomic mass is 16.5. The summed E-state index contributed by atoms with van der Waals surface area (Å²) < 4.78 is 11.0. The highest BCUT2D eigenvalue weighted by Crippen LogP contribution is 2.34. The van der Waals surface area contributed by atoms with Crippen LogP contribution >= 0.6 is 0 Å². The molecule has 2 saturated heterocycles. The van der Waals surface area contributed by atoms with Gasteiger partial charge in [0.15, 0.2) is 11.7 Å². The van der Waals surface area contributed by atoms with E-state index in [0.29, 0.717) is 24.8 Å². The van der Waals surface area contributed by atoms with Crippen LogP contribution in [0.3, 0.4) is 0 Å². The molecule has 0 radical (unpaired) electrons. The molecule has 19 heavy (non-hydrogen) atoms. The van der Waals surface area contributed by atoms with Crippen LogP contribution in [-0.2, 0) is 11.3 Å². The molecule has 6 heteroatoms. The van der Waals surface area contributed by atoms with Gasteiger partial charge in [-0.15, -0.1) is 0 Å². The normalized spacial score (nSPS) is 29.8. The van der Waals surface area contributed by atoms with E-state index < -0.39 is 0 Å². The number of aryl methyl sites for hydroxylation is 1. The first kappa shape index (κ1) is 12.5. The van der Waals surface area contributed by atoms with Gasteiger partial charge in [0.05, 0.1) is 30.5 Å². The molecule has 104 valence electrons. The van der Waals surface area contributed by atoms with Crippen LogP contribution in [0.5, 0.6) is 0 Å². The van der Waals surface area contributed by atoms with Gasteiger partial charge in [-0.3, -0.25) is 4.99 Å². The SMILES string of the molecule is CN=C(NCc1cc(C)no1)NC1CC2CCC1O2. The Morgan fingerprint density at radius 2 is 2.42 bits per heavy atom. The molecule has 2 aliphatic rings. The molecular weight excluding hydrogens is 244 g/mol. The van der Waals surface area contributed by atoms with Crippen molar-refractivity contribution in [3.8, 4) is 0 Å². The van der Waals surface area contributed by atoms with Crippen molar-refractivity contribution in [3.63, 3.8) is 0 Å². The van der Waals surface area contributed by atoms with Crippen molar-refractivity contribution in [2.45, 2.75) is 51.0 Å². The van der Waals surface area contributed by atoms with Gasteiger partial charge >= 0.3 is 0 Å². The Kier molecular flexibility index (Phi) is 3.42. The maximum absolute atomic E-state index is 5.82. The van der Waals surface area contributed by atoms with Crippen LogP contribution in [-0.4, -0.2) is 36.4 Å². The van der Waals surface area contributed by atoms with Gasteiger partial charge in [0, 0.05) is 13.1 Å². The maximum Gasteiger partial charge on any atom is 0.191 e. The van der Waals surface area contributed by atoms with Gasteiger partial charge < -0.3 is 19.9 Å². The van der Waals surface area contributed by atoms with E-state index in [2.05, 4.69) is 20.8 Å². The average molecular weight is 264 g/mol. The Balaban J connectivity index is 1.51. The molecule has 3 atom stereocenters. The van der Waals surface area contributed by atoms with Gasteiger partial charge in [-0.1, -0.05) is 5.16 Å². The minimum atomic E-state index is 0.344. The molecule has 0 aromatic carbocycles. The van der Waals surface area contributed by atoms with Crippen molar-refractivity contribution in [2.24, 2.45) is 4.99 Å². The summed E-state index contributed by atoms with van der Waals surface area (Å²) in [7, 11) is 1.77. The summed E-state index contributed by atoms with van der Waals surface area (Å²) >= 11 is 0. The zero-order valence-electron chi connectivity index (χ0n) is 11.3. The topological polar surface area (TPSA) is 71.7 Å². The van der Waals surface area contributed by atoms with Gasteiger partial charge in [-0.2, -0.15) is 0 Å². The molecule has 2 N–H and O–H groups in total. The fourth-order valence-corrected chi connectivity index (χ4v) is 2.83. The molecule has 0 spiro atoms. The monoisotopic (exact) mass is 264 g/mol. The largest absolute Gasteiger partial charge is 0.373 e. The maximum atomic E-state index is 5.82. The lowest BCUT2D eigenvalue weighted by Crippen LogP contribution is -2.47. The van der Waals surface area contributed by atoms with Gasteiger partial charge in [-0.05, 0) is 26.2 Å². The van der Waals surface area contributed by atoms with Gasteiger partial charge in [0.2, 0.25) is 0 Å². The number of guanidine groups is 1. The predicted octanol–water partition coefficient (Wildman–Crippen LogP) is 0.968.